The summed E-state index contributed by atoms with van der Waals surface area (Å²) in [7, 11) is 1.67. The maximum absolute atomic E-state index is 12.3. The van der Waals surface area contributed by atoms with Crippen LogP contribution in [-0.2, 0) is 22.5 Å². The van der Waals surface area contributed by atoms with Gasteiger partial charge in [-0.05, 0) is 36.6 Å². The Bertz CT molecular complexity index is 910. The molecule has 7 heteroatoms. The molecule has 0 fully saturated rings. The van der Waals surface area contributed by atoms with Crippen LogP contribution in [0.1, 0.15) is 11.8 Å². The van der Waals surface area contributed by atoms with Gasteiger partial charge in [0.15, 0.2) is 4.80 Å². The van der Waals surface area contributed by atoms with Crippen LogP contribution < -0.4 is 9.54 Å². The third-order valence-corrected chi connectivity index (χ3v) is 5.53. The number of fused-ring (bicyclic) bond motifs is 1. The summed E-state index contributed by atoms with van der Waals surface area (Å²) in [5.41, 5.74) is 1.04. The summed E-state index contributed by atoms with van der Waals surface area (Å²) in [4.78, 5) is 18.4. The molecule has 0 saturated heterocycles. The first-order valence-electron chi connectivity index (χ1n) is 8.06. The van der Waals surface area contributed by atoms with Crippen LogP contribution >= 0.6 is 22.7 Å². The molecule has 3 rings (SSSR count). The number of aromatic nitrogens is 1. The minimum atomic E-state index is -0.134. The van der Waals surface area contributed by atoms with E-state index in [1.165, 1.54) is 11.3 Å². The molecule has 0 bridgehead atoms. The molecule has 0 unspecified atom stereocenters. The van der Waals surface area contributed by atoms with Crippen molar-refractivity contribution in [3.63, 3.8) is 0 Å². The summed E-state index contributed by atoms with van der Waals surface area (Å²) in [5.74, 6) is 0.691. The van der Waals surface area contributed by atoms with Crippen molar-refractivity contribution < 1.29 is 14.3 Å². The smallest absolute Gasteiger partial charge is 0.253 e. The number of ether oxygens (including phenoxy) is 2. The monoisotopic (exact) mass is 376 g/mol. The van der Waals surface area contributed by atoms with Gasteiger partial charge in [-0.25, -0.2) is 0 Å². The Kier molecular flexibility index (Phi) is 6.01. The van der Waals surface area contributed by atoms with Crippen LogP contribution in [0, 0.1) is 0 Å². The predicted molar refractivity (Wildman–Crippen MR) is 101 cm³/mol. The van der Waals surface area contributed by atoms with Gasteiger partial charge >= 0.3 is 0 Å². The van der Waals surface area contributed by atoms with E-state index in [0.29, 0.717) is 31.0 Å². The largest absolute Gasteiger partial charge is 0.494 e. The molecular formula is C18H20N2O3S2. The van der Waals surface area contributed by atoms with E-state index in [1.807, 2.05) is 47.2 Å². The number of benzene rings is 1. The van der Waals surface area contributed by atoms with E-state index in [1.54, 1.807) is 18.4 Å². The van der Waals surface area contributed by atoms with Crippen LogP contribution in [0.25, 0.3) is 10.2 Å². The molecule has 2 heterocycles. The second-order valence-electron chi connectivity index (χ2n) is 5.35. The Labute approximate surface area is 154 Å². The number of thiophene rings is 1. The minimum Gasteiger partial charge on any atom is -0.494 e. The lowest BCUT2D eigenvalue weighted by Crippen LogP contribution is -2.19. The van der Waals surface area contributed by atoms with Gasteiger partial charge in [-0.1, -0.05) is 17.4 Å². The SMILES string of the molecule is CCOc1ccc2c(c1)sc(=NC(=O)Cc1cccs1)n2CCOC. The van der Waals surface area contributed by atoms with Crippen LogP contribution in [0.15, 0.2) is 40.7 Å². The number of methoxy groups -OCH3 is 1. The molecule has 0 aliphatic heterocycles. The molecule has 0 aliphatic rings. The van der Waals surface area contributed by atoms with Gasteiger partial charge in [0.2, 0.25) is 0 Å². The zero-order valence-electron chi connectivity index (χ0n) is 14.2. The van der Waals surface area contributed by atoms with Crippen molar-refractivity contribution in [2.75, 3.05) is 20.3 Å². The van der Waals surface area contributed by atoms with E-state index < -0.39 is 0 Å². The average Bonchev–Trinajstić information content (AvgIpc) is 3.20. The van der Waals surface area contributed by atoms with Crippen LogP contribution in [0.3, 0.4) is 0 Å². The molecule has 0 radical (unpaired) electrons. The fraction of sp³-hybridized carbons (Fsp3) is 0.333. The number of nitrogens with zero attached hydrogens (tertiary/aromatic N) is 2. The zero-order valence-corrected chi connectivity index (χ0v) is 15.9. The summed E-state index contributed by atoms with van der Waals surface area (Å²) >= 11 is 3.07. The summed E-state index contributed by atoms with van der Waals surface area (Å²) in [6.45, 7) is 3.79. The van der Waals surface area contributed by atoms with E-state index in [-0.39, 0.29) is 5.91 Å². The molecule has 5 nitrogen and oxygen atoms in total. The Morgan fingerprint density at radius 1 is 1.32 bits per heavy atom. The number of rotatable bonds is 7. The first-order valence-corrected chi connectivity index (χ1v) is 9.76. The van der Waals surface area contributed by atoms with Crippen molar-refractivity contribution in [1.82, 2.24) is 4.57 Å². The number of amides is 1. The lowest BCUT2D eigenvalue weighted by Gasteiger charge is -2.05. The van der Waals surface area contributed by atoms with E-state index in [9.17, 15) is 4.79 Å². The van der Waals surface area contributed by atoms with Gasteiger partial charge in [0, 0.05) is 18.5 Å². The lowest BCUT2D eigenvalue weighted by molar-refractivity contribution is -0.117. The summed E-state index contributed by atoms with van der Waals surface area (Å²) < 4.78 is 13.9. The topological polar surface area (TPSA) is 52.8 Å². The van der Waals surface area contributed by atoms with Gasteiger partial charge < -0.3 is 14.0 Å². The average molecular weight is 377 g/mol. The third kappa shape index (κ3) is 4.36. The van der Waals surface area contributed by atoms with Gasteiger partial charge in [0.25, 0.3) is 5.91 Å². The highest BCUT2D eigenvalue weighted by molar-refractivity contribution is 7.16. The molecular weight excluding hydrogens is 356 g/mol. The molecule has 1 amide bonds. The van der Waals surface area contributed by atoms with Crippen molar-refractivity contribution in [2.24, 2.45) is 4.99 Å². The van der Waals surface area contributed by atoms with Gasteiger partial charge in [0.05, 0.1) is 29.9 Å². The van der Waals surface area contributed by atoms with Crippen LogP contribution in [0.5, 0.6) is 5.75 Å². The Balaban J connectivity index is 1.98. The Morgan fingerprint density at radius 3 is 2.92 bits per heavy atom. The number of carbonyl (C=O) groups excluding carboxylic acids is 1. The fourth-order valence-corrected chi connectivity index (χ4v) is 4.30. The van der Waals surface area contributed by atoms with E-state index in [4.69, 9.17) is 9.47 Å². The molecule has 0 N–H and O–H groups in total. The fourth-order valence-electron chi connectivity index (χ4n) is 2.50. The van der Waals surface area contributed by atoms with Crippen LogP contribution in [0.2, 0.25) is 0 Å². The van der Waals surface area contributed by atoms with Gasteiger partial charge in [-0.2, -0.15) is 4.99 Å². The van der Waals surface area contributed by atoms with E-state index in [0.717, 1.165) is 20.8 Å². The zero-order chi connectivity index (χ0) is 17.6. The van der Waals surface area contributed by atoms with Crippen molar-refractivity contribution in [3.8, 4) is 5.75 Å². The van der Waals surface area contributed by atoms with Crippen LogP contribution in [0.4, 0.5) is 0 Å². The van der Waals surface area contributed by atoms with Crippen LogP contribution in [-0.4, -0.2) is 30.8 Å². The Hall–Kier alpha value is -1.96. The first kappa shape index (κ1) is 17.8. The van der Waals surface area contributed by atoms with Gasteiger partial charge in [-0.15, -0.1) is 11.3 Å². The Morgan fingerprint density at radius 2 is 2.20 bits per heavy atom. The number of carbonyl (C=O) groups is 1. The molecule has 0 saturated carbocycles. The maximum atomic E-state index is 12.3. The maximum Gasteiger partial charge on any atom is 0.253 e. The van der Waals surface area contributed by atoms with Crippen molar-refractivity contribution in [2.45, 2.75) is 19.9 Å². The molecule has 0 atom stereocenters. The summed E-state index contributed by atoms with van der Waals surface area (Å²) in [6.07, 6.45) is 0.334. The minimum absolute atomic E-state index is 0.134. The highest BCUT2D eigenvalue weighted by atomic mass is 32.1. The standard InChI is InChI=1S/C18H20N2O3S2/c1-3-23-13-6-7-15-16(11-13)25-18(20(15)8-9-22-2)19-17(21)12-14-5-4-10-24-14/h4-7,10-11H,3,8-9,12H2,1-2H3. The molecule has 2 aromatic heterocycles. The molecule has 3 aromatic rings. The molecule has 132 valence electrons. The molecule has 0 aliphatic carbocycles. The van der Waals surface area contributed by atoms with Gasteiger partial charge in [0.1, 0.15) is 5.75 Å². The number of thiazole rings is 1. The highest BCUT2D eigenvalue weighted by Crippen LogP contribution is 2.23. The van der Waals surface area contributed by atoms with Crippen molar-refractivity contribution >= 4 is 38.8 Å². The summed E-state index contributed by atoms with van der Waals surface area (Å²) in [6, 6.07) is 9.85. The van der Waals surface area contributed by atoms with E-state index >= 15 is 0 Å². The predicted octanol–water partition coefficient (Wildman–Crippen LogP) is 3.48. The van der Waals surface area contributed by atoms with Crippen molar-refractivity contribution in [3.05, 3.63) is 45.4 Å². The molecule has 1 aromatic carbocycles. The van der Waals surface area contributed by atoms with Gasteiger partial charge in [-0.3, -0.25) is 4.79 Å². The first-order chi connectivity index (χ1) is 12.2. The second kappa shape index (κ2) is 8.42. The van der Waals surface area contributed by atoms with Crippen molar-refractivity contribution in [1.29, 1.82) is 0 Å². The number of hydrogen-bond acceptors (Lipinski definition) is 5. The second-order valence-corrected chi connectivity index (χ2v) is 7.39. The lowest BCUT2D eigenvalue weighted by atomic mass is 10.3. The number of hydrogen-bond donors (Lipinski definition) is 0. The summed E-state index contributed by atoms with van der Waals surface area (Å²) in [5, 5.41) is 1.97. The van der Waals surface area contributed by atoms with E-state index in [2.05, 4.69) is 4.99 Å². The highest BCUT2D eigenvalue weighted by Gasteiger charge is 2.10. The third-order valence-electron chi connectivity index (χ3n) is 3.61. The quantitative estimate of drug-likeness (QED) is 0.634. The normalized spacial score (nSPS) is 12.0. The molecule has 0 spiro atoms. The molecule has 25 heavy (non-hydrogen) atoms.